The first-order chi connectivity index (χ1) is 14.8. The Morgan fingerprint density at radius 1 is 1.00 bits per heavy atom. The minimum atomic E-state index is -2.97. The lowest BCUT2D eigenvalue weighted by Gasteiger charge is -2.18. The molecular formula is C22H26F2N2O5. The van der Waals surface area contributed by atoms with Crippen LogP contribution in [0.3, 0.4) is 0 Å². The summed E-state index contributed by atoms with van der Waals surface area (Å²) in [5, 5.41) is 5.55. The third-order valence-electron chi connectivity index (χ3n) is 4.47. The second-order valence-electron chi connectivity index (χ2n) is 6.69. The number of amides is 2. The quantitative estimate of drug-likeness (QED) is 0.565. The van der Waals surface area contributed by atoms with Gasteiger partial charge in [0.05, 0.1) is 26.7 Å². The summed E-state index contributed by atoms with van der Waals surface area (Å²) in [5.41, 5.74) is 1.47. The second-order valence-corrected chi connectivity index (χ2v) is 6.69. The minimum Gasteiger partial charge on any atom is -0.497 e. The fourth-order valence-corrected chi connectivity index (χ4v) is 3.00. The molecule has 2 N–H and O–H groups in total. The van der Waals surface area contributed by atoms with E-state index >= 15 is 0 Å². The first kappa shape index (κ1) is 23.9. The maximum atomic E-state index is 12.5. The number of nitrogens with one attached hydrogen (secondary N) is 2. The highest BCUT2D eigenvalue weighted by atomic mass is 19.3. The number of rotatable bonds is 11. The largest absolute Gasteiger partial charge is 0.497 e. The van der Waals surface area contributed by atoms with Crippen molar-refractivity contribution in [1.29, 1.82) is 0 Å². The molecule has 0 aliphatic carbocycles. The summed E-state index contributed by atoms with van der Waals surface area (Å²) in [6.45, 7) is -1.29. The molecule has 1 unspecified atom stereocenters. The van der Waals surface area contributed by atoms with Crippen LogP contribution in [0.25, 0.3) is 0 Å². The molecule has 9 heteroatoms. The molecule has 2 aromatic rings. The predicted molar refractivity (Wildman–Crippen MR) is 111 cm³/mol. The van der Waals surface area contributed by atoms with Crippen LogP contribution in [0, 0.1) is 0 Å². The number of carbonyl (C=O) groups is 2. The van der Waals surface area contributed by atoms with Crippen molar-refractivity contribution >= 4 is 11.8 Å². The van der Waals surface area contributed by atoms with E-state index in [2.05, 4.69) is 15.4 Å². The van der Waals surface area contributed by atoms with Crippen LogP contribution in [-0.2, 0) is 16.0 Å². The highest BCUT2D eigenvalue weighted by molar-refractivity contribution is 5.79. The van der Waals surface area contributed by atoms with Crippen molar-refractivity contribution in [2.75, 3.05) is 20.8 Å². The van der Waals surface area contributed by atoms with E-state index in [1.807, 2.05) is 0 Å². The Bertz CT molecular complexity index is 875. The molecule has 0 aromatic heterocycles. The first-order valence-electron chi connectivity index (χ1n) is 9.61. The lowest BCUT2D eigenvalue weighted by molar-refractivity contribution is -0.122. The molecule has 7 nitrogen and oxygen atoms in total. The molecule has 2 amide bonds. The number of benzene rings is 2. The number of carbonyl (C=O) groups excluding carboxylic acids is 2. The molecule has 0 saturated carbocycles. The fourth-order valence-electron chi connectivity index (χ4n) is 3.00. The summed E-state index contributed by atoms with van der Waals surface area (Å²) in [5.74, 6) is 0.298. The number of ether oxygens (including phenoxy) is 3. The minimum absolute atomic E-state index is 0.0499. The molecule has 31 heavy (non-hydrogen) atoms. The van der Waals surface area contributed by atoms with E-state index in [4.69, 9.17) is 9.47 Å². The third-order valence-corrected chi connectivity index (χ3v) is 4.47. The van der Waals surface area contributed by atoms with Crippen molar-refractivity contribution in [3.8, 4) is 17.2 Å². The van der Waals surface area contributed by atoms with Crippen molar-refractivity contribution in [2.45, 2.75) is 32.4 Å². The summed E-state index contributed by atoms with van der Waals surface area (Å²) in [7, 11) is 2.92. The number of hydrogen-bond acceptors (Lipinski definition) is 5. The van der Waals surface area contributed by atoms with Gasteiger partial charge in [0.25, 0.3) is 0 Å². The van der Waals surface area contributed by atoms with Gasteiger partial charge < -0.3 is 24.8 Å². The van der Waals surface area contributed by atoms with Crippen LogP contribution in [0.4, 0.5) is 8.78 Å². The van der Waals surface area contributed by atoms with E-state index in [0.29, 0.717) is 17.7 Å². The van der Waals surface area contributed by atoms with Gasteiger partial charge in [0.2, 0.25) is 11.8 Å². The van der Waals surface area contributed by atoms with E-state index in [9.17, 15) is 18.4 Å². The van der Waals surface area contributed by atoms with Crippen molar-refractivity contribution < 1.29 is 32.6 Å². The Balaban J connectivity index is 1.95. The van der Waals surface area contributed by atoms with Gasteiger partial charge in [0.15, 0.2) is 11.5 Å². The molecule has 0 bridgehead atoms. The van der Waals surface area contributed by atoms with E-state index in [-0.39, 0.29) is 36.3 Å². The molecule has 2 aromatic carbocycles. The summed E-state index contributed by atoms with van der Waals surface area (Å²) in [6.07, 6.45) is 0.455. The highest BCUT2D eigenvalue weighted by Crippen LogP contribution is 2.29. The van der Waals surface area contributed by atoms with Crippen LogP contribution in [-0.4, -0.2) is 39.2 Å². The van der Waals surface area contributed by atoms with Crippen LogP contribution >= 0.6 is 0 Å². The van der Waals surface area contributed by atoms with Crippen LogP contribution in [0.5, 0.6) is 17.2 Å². The van der Waals surface area contributed by atoms with Crippen molar-refractivity contribution in [2.24, 2.45) is 0 Å². The van der Waals surface area contributed by atoms with Gasteiger partial charge in [0, 0.05) is 13.5 Å². The SMILES string of the molecule is COc1ccc(C(CC(=O)NCCc2ccc(OC)c(OC(F)F)c2)NC(C)=O)cc1. The molecule has 2 rings (SSSR count). The van der Waals surface area contributed by atoms with E-state index in [1.165, 1.54) is 26.2 Å². The van der Waals surface area contributed by atoms with Crippen LogP contribution < -0.4 is 24.8 Å². The van der Waals surface area contributed by atoms with Crippen LogP contribution in [0.2, 0.25) is 0 Å². The Kier molecular flexibility index (Phi) is 9.05. The molecule has 0 aliphatic rings. The maximum Gasteiger partial charge on any atom is 0.387 e. The number of methoxy groups -OCH3 is 2. The van der Waals surface area contributed by atoms with Gasteiger partial charge in [-0.05, 0) is 41.8 Å². The molecule has 0 fully saturated rings. The Labute approximate surface area is 179 Å². The van der Waals surface area contributed by atoms with Gasteiger partial charge >= 0.3 is 6.61 Å². The van der Waals surface area contributed by atoms with Crippen molar-refractivity contribution in [3.63, 3.8) is 0 Å². The lowest BCUT2D eigenvalue weighted by atomic mass is 10.0. The average Bonchev–Trinajstić information content (AvgIpc) is 2.73. The van der Waals surface area contributed by atoms with E-state index < -0.39 is 12.7 Å². The highest BCUT2D eigenvalue weighted by Gasteiger charge is 2.17. The first-order valence-corrected chi connectivity index (χ1v) is 9.61. The molecule has 0 saturated heterocycles. The lowest BCUT2D eigenvalue weighted by Crippen LogP contribution is -2.33. The Hall–Kier alpha value is -3.36. The molecule has 0 radical (unpaired) electrons. The molecule has 168 valence electrons. The molecule has 0 spiro atoms. The van der Waals surface area contributed by atoms with E-state index in [1.54, 1.807) is 37.4 Å². The summed E-state index contributed by atoms with van der Waals surface area (Å²) >= 11 is 0. The van der Waals surface area contributed by atoms with E-state index in [0.717, 1.165) is 5.56 Å². The smallest absolute Gasteiger partial charge is 0.387 e. The molecule has 0 aliphatic heterocycles. The fraction of sp³-hybridized carbons (Fsp3) is 0.364. The molecular weight excluding hydrogens is 410 g/mol. The number of hydrogen-bond donors (Lipinski definition) is 2. The van der Waals surface area contributed by atoms with Gasteiger partial charge in [0.1, 0.15) is 5.75 Å². The summed E-state index contributed by atoms with van der Waals surface area (Å²) < 4.78 is 39.7. The van der Waals surface area contributed by atoms with Gasteiger partial charge in [-0.15, -0.1) is 0 Å². The van der Waals surface area contributed by atoms with Gasteiger partial charge in [-0.25, -0.2) is 0 Å². The number of halogens is 2. The number of alkyl halides is 2. The standard InChI is InChI=1S/C22H26F2N2O5/c1-14(27)26-18(16-5-7-17(29-2)8-6-16)13-21(28)25-11-10-15-4-9-19(30-3)20(12-15)31-22(23)24/h4-9,12,18,22H,10-11,13H2,1-3H3,(H,25,28)(H,26,27). The zero-order valence-electron chi connectivity index (χ0n) is 17.6. The zero-order valence-corrected chi connectivity index (χ0v) is 17.6. The Morgan fingerprint density at radius 2 is 1.71 bits per heavy atom. The average molecular weight is 436 g/mol. The van der Waals surface area contributed by atoms with Crippen LogP contribution in [0.15, 0.2) is 42.5 Å². The van der Waals surface area contributed by atoms with Crippen molar-refractivity contribution in [3.05, 3.63) is 53.6 Å². The second kappa shape index (κ2) is 11.7. The molecule has 1 atom stereocenters. The van der Waals surface area contributed by atoms with Gasteiger partial charge in [-0.1, -0.05) is 18.2 Å². The third kappa shape index (κ3) is 7.76. The zero-order chi connectivity index (χ0) is 22.8. The summed E-state index contributed by atoms with van der Waals surface area (Å²) in [4.78, 5) is 24.0. The molecule has 0 heterocycles. The van der Waals surface area contributed by atoms with Gasteiger partial charge in [-0.2, -0.15) is 8.78 Å². The Morgan fingerprint density at radius 3 is 2.29 bits per heavy atom. The van der Waals surface area contributed by atoms with Gasteiger partial charge in [-0.3, -0.25) is 9.59 Å². The maximum absolute atomic E-state index is 12.5. The monoisotopic (exact) mass is 436 g/mol. The van der Waals surface area contributed by atoms with Crippen molar-refractivity contribution in [1.82, 2.24) is 10.6 Å². The normalized spacial score (nSPS) is 11.5. The van der Waals surface area contributed by atoms with Crippen LogP contribution in [0.1, 0.15) is 30.5 Å². The predicted octanol–water partition coefficient (Wildman–Crippen LogP) is 3.23. The topological polar surface area (TPSA) is 85.9 Å². The summed E-state index contributed by atoms with van der Waals surface area (Å²) in [6, 6.07) is 11.3.